The number of nitrogens with one attached hydrogen (secondary N) is 1. The average molecular weight is 511 g/mol. The van der Waals surface area contributed by atoms with Gasteiger partial charge in [0.25, 0.3) is 5.91 Å². The fourth-order valence-corrected chi connectivity index (χ4v) is 6.06. The van der Waals surface area contributed by atoms with E-state index in [9.17, 15) is 13.2 Å². The Labute approximate surface area is 202 Å². The van der Waals surface area contributed by atoms with Crippen molar-refractivity contribution in [2.75, 3.05) is 18.4 Å². The fraction of sp³-hybridized carbons (Fsp3) is 0.381. The van der Waals surface area contributed by atoms with Crippen molar-refractivity contribution in [3.8, 4) is 0 Å². The molecule has 1 aliphatic heterocycles. The molecule has 1 N–H and O–H groups in total. The second-order valence-electron chi connectivity index (χ2n) is 7.81. The number of sulfonamides is 1. The number of anilines is 1. The third-order valence-electron chi connectivity index (χ3n) is 5.45. The molecule has 2 aromatic heterocycles. The Kier molecular flexibility index (Phi) is 7.08. The summed E-state index contributed by atoms with van der Waals surface area (Å²) in [4.78, 5) is 12.8. The molecule has 33 heavy (non-hydrogen) atoms. The van der Waals surface area contributed by atoms with Crippen LogP contribution in [-0.2, 0) is 23.1 Å². The van der Waals surface area contributed by atoms with Crippen molar-refractivity contribution in [2.45, 2.75) is 44.2 Å². The van der Waals surface area contributed by atoms with Gasteiger partial charge < -0.3 is 5.32 Å². The summed E-state index contributed by atoms with van der Waals surface area (Å²) in [6.45, 7) is 4.13. The molecule has 0 saturated carbocycles. The molecule has 4 rings (SSSR count). The number of aromatic nitrogens is 4. The van der Waals surface area contributed by atoms with Gasteiger partial charge in [0.2, 0.25) is 10.0 Å². The monoisotopic (exact) mass is 510 g/mol. The lowest BCUT2D eigenvalue weighted by molar-refractivity contribution is 0.102. The van der Waals surface area contributed by atoms with Gasteiger partial charge in [-0.1, -0.05) is 29.6 Å². The van der Waals surface area contributed by atoms with E-state index >= 15 is 0 Å². The number of hydrogen-bond acceptors (Lipinski definition) is 5. The van der Waals surface area contributed by atoms with Crippen molar-refractivity contribution in [2.24, 2.45) is 0 Å². The molecular weight excluding hydrogens is 487 g/mol. The summed E-state index contributed by atoms with van der Waals surface area (Å²) in [5, 5.41) is 11.3. The van der Waals surface area contributed by atoms with Crippen LogP contribution < -0.4 is 5.32 Å². The molecule has 0 unspecified atom stereocenters. The first-order chi connectivity index (χ1) is 15.8. The van der Waals surface area contributed by atoms with E-state index in [2.05, 4.69) is 15.5 Å². The predicted molar refractivity (Wildman–Crippen MR) is 126 cm³/mol. The van der Waals surface area contributed by atoms with E-state index in [-0.39, 0.29) is 20.5 Å². The van der Waals surface area contributed by atoms with Crippen LogP contribution in [0.4, 0.5) is 5.69 Å². The van der Waals surface area contributed by atoms with Crippen molar-refractivity contribution in [1.82, 2.24) is 23.9 Å². The van der Waals surface area contributed by atoms with Gasteiger partial charge >= 0.3 is 0 Å². The molecule has 176 valence electrons. The minimum atomic E-state index is -3.83. The molecule has 0 radical (unpaired) electrons. The molecular formula is C21H24Cl2N6O3S. The lowest BCUT2D eigenvalue weighted by atomic mass is 10.2. The molecule has 3 aromatic rings. The van der Waals surface area contributed by atoms with Crippen LogP contribution in [0.2, 0.25) is 10.0 Å². The molecule has 1 fully saturated rings. The Balaban J connectivity index is 1.52. The highest BCUT2D eigenvalue weighted by Crippen LogP contribution is 2.32. The SMILES string of the molecule is CCn1cc(Cn2cc(NC(=O)c3cc(S(=O)(=O)N4CCCCC4)c(Cl)cc3Cl)cn2)cn1. The third-order valence-corrected chi connectivity index (χ3v) is 8.12. The minimum Gasteiger partial charge on any atom is -0.319 e. The molecule has 3 heterocycles. The van der Waals surface area contributed by atoms with Crippen LogP contribution in [0.5, 0.6) is 0 Å². The van der Waals surface area contributed by atoms with Gasteiger partial charge in [-0.2, -0.15) is 14.5 Å². The predicted octanol–water partition coefficient (Wildman–Crippen LogP) is 3.88. The normalized spacial score (nSPS) is 15.0. The van der Waals surface area contributed by atoms with Gasteiger partial charge in [0.1, 0.15) is 4.90 Å². The van der Waals surface area contributed by atoms with Crippen LogP contribution in [0, 0.1) is 0 Å². The number of piperidine rings is 1. The van der Waals surface area contributed by atoms with Gasteiger partial charge in [-0.05, 0) is 31.9 Å². The lowest BCUT2D eigenvalue weighted by Gasteiger charge is -2.26. The Bertz CT molecular complexity index is 1260. The second kappa shape index (κ2) is 9.84. The van der Waals surface area contributed by atoms with E-state index in [4.69, 9.17) is 23.2 Å². The number of nitrogens with zero attached hydrogens (tertiary/aromatic N) is 5. The summed E-state index contributed by atoms with van der Waals surface area (Å²) >= 11 is 12.5. The number of halogens is 2. The Morgan fingerprint density at radius 2 is 1.76 bits per heavy atom. The quantitative estimate of drug-likeness (QED) is 0.519. The zero-order valence-corrected chi connectivity index (χ0v) is 20.4. The number of carbonyl (C=O) groups excluding carboxylic acids is 1. The highest BCUT2D eigenvalue weighted by atomic mass is 35.5. The van der Waals surface area contributed by atoms with Gasteiger partial charge in [-0.25, -0.2) is 8.42 Å². The first-order valence-corrected chi connectivity index (χ1v) is 12.8. The molecule has 9 nitrogen and oxygen atoms in total. The summed E-state index contributed by atoms with van der Waals surface area (Å²) in [5.74, 6) is -0.551. The first kappa shape index (κ1) is 23.7. The Morgan fingerprint density at radius 3 is 2.45 bits per heavy atom. The lowest BCUT2D eigenvalue weighted by Crippen LogP contribution is -2.35. The third kappa shape index (κ3) is 5.24. The van der Waals surface area contributed by atoms with E-state index in [1.165, 1.54) is 22.6 Å². The van der Waals surface area contributed by atoms with E-state index in [1.807, 2.05) is 17.8 Å². The van der Waals surface area contributed by atoms with Gasteiger partial charge in [-0.3, -0.25) is 14.2 Å². The maximum Gasteiger partial charge on any atom is 0.257 e. The molecule has 0 aliphatic carbocycles. The summed E-state index contributed by atoms with van der Waals surface area (Å²) in [6.07, 6.45) is 9.46. The fourth-order valence-electron chi connectivity index (χ4n) is 3.71. The molecule has 1 aromatic carbocycles. The largest absolute Gasteiger partial charge is 0.319 e. The number of benzene rings is 1. The van der Waals surface area contributed by atoms with Crippen LogP contribution in [0.3, 0.4) is 0 Å². The van der Waals surface area contributed by atoms with Crippen molar-refractivity contribution < 1.29 is 13.2 Å². The summed E-state index contributed by atoms with van der Waals surface area (Å²) in [6, 6.07) is 2.54. The van der Waals surface area contributed by atoms with Gasteiger partial charge in [-0.15, -0.1) is 0 Å². The zero-order valence-electron chi connectivity index (χ0n) is 18.0. The topological polar surface area (TPSA) is 102 Å². The Morgan fingerprint density at radius 1 is 1.03 bits per heavy atom. The average Bonchev–Trinajstić information content (AvgIpc) is 3.43. The first-order valence-electron chi connectivity index (χ1n) is 10.6. The number of amides is 1. The molecule has 1 saturated heterocycles. The van der Waals surface area contributed by atoms with E-state index in [0.717, 1.165) is 31.4 Å². The molecule has 1 amide bonds. The van der Waals surface area contributed by atoms with Crippen molar-refractivity contribution >= 4 is 44.8 Å². The van der Waals surface area contributed by atoms with Crippen molar-refractivity contribution in [3.05, 3.63) is 58.1 Å². The smallest absolute Gasteiger partial charge is 0.257 e. The van der Waals surface area contributed by atoms with Crippen LogP contribution in [0.15, 0.2) is 41.8 Å². The molecule has 0 spiro atoms. The van der Waals surface area contributed by atoms with Gasteiger partial charge in [0, 0.05) is 37.6 Å². The number of rotatable bonds is 7. The molecule has 1 aliphatic rings. The zero-order chi connectivity index (χ0) is 23.6. The van der Waals surface area contributed by atoms with E-state index in [0.29, 0.717) is 25.3 Å². The standard InChI is InChI=1S/C21H24Cl2N6O3S/c1-2-27-12-15(10-24-27)13-28-14-16(11-25-28)26-21(30)17-8-20(19(23)9-18(17)22)33(31,32)29-6-4-3-5-7-29/h8-12,14H,2-7,13H2,1H3,(H,26,30). The van der Waals surface area contributed by atoms with Crippen LogP contribution >= 0.6 is 23.2 Å². The van der Waals surface area contributed by atoms with Crippen LogP contribution in [0.1, 0.15) is 42.1 Å². The summed E-state index contributed by atoms with van der Waals surface area (Å²) < 4.78 is 31.1. The van der Waals surface area contributed by atoms with Crippen LogP contribution in [0.25, 0.3) is 0 Å². The molecule has 12 heteroatoms. The van der Waals surface area contributed by atoms with Crippen molar-refractivity contribution in [1.29, 1.82) is 0 Å². The highest BCUT2D eigenvalue weighted by molar-refractivity contribution is 7.89. The molecule has 0 atom stereocenters. The van der Waals surface area contributed by atoms with Gasteiger partial charge in [0.15, 0.2) is 0 Å². The summed E-state index contributed by atoms with van der Waals surface area (Å²) in [5.41, 5.74) is 1.45. The number of carbonyl (C=O) groups is 1. The highest BCUT2D eigenvalue weighted by Gasteiger charge is 2.30. The van der Waals surface area contributed by atoms with Crippen LogP contribution in [-0.4, -0.2) is 51.3 Å². The van der Waals surface area contributed by atoms with E-state index in [1.54, 1.807) is 17.1 Å². The number of aryl methyl sites for hydroxylation is 1. The number of hydrogen-bond donors (Lipinski definition) is 1. The van der Waals surface area contributed by atoms with Gasteiger partial charge in [0.05, 0.1) is 40.2 Å². The summed E-state index contributed by atoms with van der Waals surface area (Å²) in [7, 11) is -3.83. The minimum absolute atomic E-state index is 0.0115. The van der Waals surface area contributed by atoms with E-state index < -0.39 is 15.9 Å². The maximum absolute atomic E-state index is 13.1. The molecule has 0 bridgehead atoms. The maximum atomic E-state index is 13.1. The second-order valence-corrected chi connectivity index (χ2v) is 10.5. The Hall–Kier alpha value is -2.40. The van der Waals surface area contributed by atoms with Crippen molar-refractivity contribution in [3.63, 3.8) is 0 Å².